The van der Waals surface area contributed by atoms with Gasteiger partial charge in [-0.05, 0) is 0 Å². The Morgan fingerprint density at radius 3 is 2.36 bits per heavy atom. The number of carbonyl (C=O) groups excluding carboxylic acids is 2. The number of carbonyl (C=O) groups is 2. The Kier molecular flexibility index (Phi) is 4.21. The predicted molar refractivity (Wildman–Crippen MR) is 37.1 cm³/mol. The summed E-state index contributed by atoms with van der Waals surface area (Å²) in [6.07, 6.45) is 0. The molecule has 6 heteroatoms. The van der Waals surface area contributed by atoms with Gasteiger partial charge in [-0.15, -0.1) is 0 Å². The van der Waals surface area contributed by atoms with E-state index in [-0.39, 0.29) is 0 Å². The third-order valence-corrected chi connectivity index (χ3v) is 0.831. The Morgan fingerprint density at radius 2 is 2.00 bits per heavy atom. The van der Waals surface area contributed by atoms with Crippen molar-refractivity contribution in [2.75, 3.05) is 7.11 Å². The highest BCUT2D eigenvalue weighted by Crippen LogP contribution is 1.90. The van der Waals surface area contributed by atoms with Gasteiger partial charge >= 0.3 is 11.9 Å². The highest BCUT2D eigenvalue weighted by molar-refractivity contribution is 6.81. The van der Waals surface area contributed by atoms with E-state index in [9.17, 15) is 9.59 Å². The molecule has 0 saturated heterocycles. The van der Waals surface area contributed by atoms with E-state index in [0.29, 0.717) is 0 Å². The monoisotopic (exact) mass is 179 g/mol. The highest BCUT2D eigenvalue weighted by Gasteiger charge is 2.08. The topological polar surface area (TPSA) is 65.0 Å². The average molecular weight is 180 g/mol. The average Bonchev–Trinajstić information content (AvgIpc) is 1.98. The second kappa shape index (κ2) is 4.68. The molecule has 0 atom stereocenters. The molecule has 0 N–H and O–H groups in total. The summed E-state index contributed by atoms with van der Waals surface area (Å²) in [7, 11) is 1.13. The molecule has 0 fully saturated rings. The summed E-state index contributed by atoms with van der Waals surface area (Å²) in [6, 6.07) is 0. The number of rotatable bonds is 2. The summed E-state index contributed by atoms with van der Waals surface area (Å²) in [5, 5.41) is 2.43. The number of halogens is 1. The number of methoxy groups -OCH3 is 1. The van der Waals surface area contributed by atoms with Crippen molar-refractivity contribution in [3.05, 3.63) is 0 Å². The molecule has 0 aromatic rings. The van der Waals surface area contributed by atoms with Crippen LogP contribution in [0.3, 0.4) is 0 Å². The number of hydrogen-bond donors (Lipinski definition) is 0. The van der Waals surface area contributed by atoms with Gasteiger partial charge < -0.3 is 9.57 Å². The number of ether oxygens (including phenoxy) is 1. The maximum atomic E-state index is 10.4. The van der Waals surface area contributed by atoms with E-state index < -0.39 is 17.1 Å². The zero-order chi connectivity index (χ0) is 8.85. The van der Waals surface area contributed by atoms with Crippen molar-refractivity contribution in [1.82, 2.24) is 0 Å². The molecule has 0 aliphatic heterocycles. The van der Waals surface area contributed by atoms with Crippen molar-refractivity contribution in [1.29, 1.82) is 0 Å². The lowest BCUT2D eigenvalue weighted by Gasteiger charge is -1.93. The van der Waals surface area contributed by atoms with Crippen LogP contribution in [0.4, 0.5) is 0 Å². The van der Waals surface area contributed by atoms with Crippen molar-refractivity contribution in [2.45, 2.75) is 6.92 Å². The molecular formula is C5H6ClNO4. The molecule has 62 valence electrons. The molecule has 0 aromatic heterocycles. The summed E-state index contributed by atoms with van der Waals surface area (Å²) in [5.74, 6) is -1.51. The Balaban J connectivity index is 4.00. The molecule has 0 radical (unpaired) electrons. The van der Waals surface area contributed by atoms with Crippen LogP contribution in [-0.4, -0.2) is 24.2 Å². The van der Waals surface area contributed by atoms with Gasteiger partial charge in [-0.3, -0.25) is 0 Å². The van der Waals surface area contributed by atoms with E-state index in [1.807, 2.05) is 0 Å². The summed E-state index contributed by atoms with van der Waals surface area (Å²) in [6.45, 7) is 1.13. The van der Waals surface area contributed by atoms with Gasteiger partial charge in [0.1, 0.15) is 0 Å². The van der Waals surface area contributed by atoms with Crippen LogP contribution < -0.4 is 0 Å². The number of hydrogen-bond acceptors (Lipinski definition) is 5. The van der Waals surface area contributed by atoms with Crippen molar-refractivity contribution >= 4 is 28.7 Å². The normalized spacial score (nSPS) is 10.6. The van der Waals surface area contributed by atoms with Gasteiger partial charge in [-0.1, -0.05) is 16.8 Å². The van der Waals surface area contributed by atoms with Crippen LogP contribution in [0.15, 0.2) is 5.16 Å². The lowest BCUT2D eigenvalue weighted by molar-refractivity contribution is -0.141. The van der Waals surface area contributed by atoms with Gasteiger partial charge in [0.2, 0.25) is 0 Å². The Morgan fingerprint density at radius 1 is 1.45 bits per heavy atom. The van der Waals surface area contributed by atoms with Gasteiger partial charge in [0.25, 0.3) is 5.17 Å². The van der Waals surface area contributed by atoms with Crippen LogP contribution in [0.25, 0.3) is 0 Å². The Labute approximate surface area is 67.9 Å². The summed E-state index contributed by atoms with van der Waals surface area (Å²) >= 11 is 5.17. The minimum Gasteiger partial charge on any atom is -0.464 e. The number of nitrogens with zero attached hydrogens (tertiary/aromatic N) is 1. The fourth-order valence-corrected chi connectivity index (χ4v) is 0.337. The minimum atomic E-state index is -0.854. The molecule has 11 heavy (non-hydrogen) atoms. The molecule has 5 nitrogen and oxygen atoms in total. The predicted octanol–water partition coefficient (Wildman–Crippen LogP) is 0.275. The van der Waals surface area contributed by atoms with Crippen LogP contribution in [0, 0.1) is 0 Å². The van der Waals surface area contributed by atoms with Crippen LogP contribution >= 0.6 is 11.6 Å². The first-order valence-corrected chi connectivity index (χ1v) is 2.95. The second-order valence-corrected chi connectivity index (χ2v) is 1.81. The SMILES string of the molecule is COC(=O)/C(Cl)=N\OC(C)=O. The molecule has 0 aliphatic carbocycles. The lowest BCUT2D eigenvalue weighted by Crippen LogP contribution is -2.10. The van der Waals surface area contributed by atoms with Crippen LogP contribution in [0.5, 0.6) is 0 Å². The fourth-order valence-electron chi connectivity index (χ4n) is 0.226. The quantitative estimate of drug-likeness (QED) is 0.264. The third-order valence-electron chi connectivity index (χ3n) is 0.608. The van der Waals surface area contributed by atoms with Gasteiger partial charge in [0, 0.05) is 6.92 Å². The molecule has 0 saturated carbocycles. The maximum Gasteiger partial charge on any atom is 0.372 e. The van der Waals surface area contributed by atoms with Crippen LogP contribution in [-0.2, 0) is 19.2 Å². The second-order valence-electron chi connectivity index (χ2n) is 1.46. The van der Waals surface area contributed by atoms with E-state index in [0.717, 1.165) is 14.0 Å². The third kappa shape index (κ3) is 4.32. The van der Waals surface area contributed by atoms with Gasteiger partial charge in [-0.2, -0.15) is 0 Å². The first kappa shape index (κ1) is 9.90. The standard InChI is InChI=1S/C5H6ClNO4/c1-3(8)11-7-4(6)5(9)10-2/h1-2H3/b7-4+. The van der Waals surface area contributed by atoms with Crippen LogP contribution in [0.2, 0.25) is 0 Å². The van der Waals surface area contributed by atoms with E-state index >= 15 is 0 Å². The summed E-state index contributed by atoms with van der Waals surface area (Å²) in [5.41, 5.74) is 0. The first-order chi connectivity index (χ1) is 5.07. The van der Waals surface area contributed by atoms with Crippen molar-refractivity contribution < 1.29 is 19.2 Å². The smallest absolute Gasteiger partial charge is 0.372 e. The molecule has 0 unspecified atom stereocenters. The maximum absolute atomic E-state index is 10.4. The Hall–Kier alpha value is -1.10. The summed E-state index contributed by atoms with van der Waals surface area (Å²) in [4.78, 5) is 24.6. The Bertz CT molecular complexity index is 201. The largest absolute Gasteiger partial charge is 0.464 e. The van der Waals surface area contributed by atoms with Crippen molar-refractivity contribution in [3.63, 3.8) is 0 Å². The van der Waals surface area contributed by atoms with E-state index in [4.69, 9.17) is 11.6 Å². The lowest BCUT2D eigenvalue weighted by atomic mass is 10.7. The van der Waals surface area contributed by atoms with Crippen molar-refractivity contribution in [2.24, 2.45) is 5.16 Å². The van der Waals surface area contributed by atoms with Gasteiger partial charge in [-0.25, -0.2) is 9.59 Å². The van der Waals surface area contributed by atoms with E-state index in [1.165, 1.54) is 0 Å². The first-order valence-electron chi connectivity index (χ1n) is 2.57. The van der Waals surface area contributed by atoms with E-state index in [1.54, 1.807) is 0 Å². The molecule has 0 aliphatic rings. The number of esters is 1. The van der Waals surface area contributed by atoms with E-state index in [2.05, 4.69) is 14.7 Å². The highest BCUT2D eigenvalue weighted by atomic mass is 35.5. The molecule has 0 rings (SSSR count). The number of oxime groups is 1. The molecule has 0 bridgehead atoms. The molecule has 0 amide bonds. The molecule has 0 heterocycles. The molecular weight excluding hydrogens is 174 g/mol. The zero-order valence-corrected chi connectivity index (χ0v) is 6.71. The van der Waals surface area contributed by atoms with Crippen LogP contribution in [0.1, 0.15) is 6.92 Å². The zero-order valence-electron chi connectivity index (χ0n) is 5.96. The summed E-state index contributed by atoms with van der Waals surface area (Å²) < 4.78 is 4.15. The van der Waals surface area contributed by atoms with Gasteiger partial charge in [0.05, 0.1) is 7.11 Å². The fraction of sp³-hybridized carbons (Fsp3) is 0.400. The van der Waals surface area contributed by atoms with Gasteiger partial charge in [0.15, 0.2) is 0 Å². The minimum absolute atomic E-state index is 0.525. The molecule has 0 spiro atoms. The van der Waals surface area contributed by atoms with Crippen molar-refractivity contribution in [3.8, 4) is 0 Å². The molecule has 0 aromatic carbocycles.